The summed E-state index contributed by atoms with van der Waals surface area (Å²) in [6.45, 7) is 0.266. The van der Waals surface area contributed by atoms with E-state index in [2.05, 4.69) is 5.92 Å². The monoisotopic (exact) mass is 174 g/mol. The van der Waals surface area contributed by atoms with Gasteiger partial charge in [-0.25, -0.2) is 4.79 Å². The van der Waals surface area contributed by atoms with Crippen molar-refractivity contribution in [1.82, 2.24) is 4.57 Å². The third kappa shape index (κ3) is 1.69. The van der Waals surface area contributed by atoms with Gasteiger partial charge in [0.2, 0.25) is 0 Å². The molecule has 0 unspecified atom stereocenters. The summed E-state index contributed by atoms with van der Waals surface area (Å²) in [5.41, 5.74) is 0.112. The number of nitrogens with zero attached hydrogens (tertiary/aromatic N) is 2. The number of nitriles is 1. The maximum Gasteiger partial charge on any atom is 0.338 e. The Balaban J connectivity index is 3.15. The van der Waals surface area contributed by atoms with Crippen LogP contribution in [0.3, 0.4) is 0 Å². The molecular weight excluding hydrogens is 168 g/mol. The van der Waals surface area contributed by atoms with Crippen LogP contribution in [0.25, 0.3) is 0 Å². The van der Waals surface area contributed by atoms with Crippen LogP contribution in [0.1, 0.15) is 15.9 Å². The van der Waals surface area contributed by atoms with E-state index >= 15 is 0 Å². The summed E-state index contributed by atoms with van der Waals surface area (Å²) in [6.07, 6.45) is 7.80. The molecule has 1 N–H and O–H groups in total. The Labute approximate surface area is 75.0 Å². The van der Waals surface area contributed by atoms with E-state index in [9.17, 15) is 4.79 Å². The topological polar surface area (TPSA) is 66.0 Å². The Morgan fingerprint density at radius 2 is 2.38 bits per heavy atom. The standard InChI is InChI=1S/C9H6N2O2/c1-2-3-11-5-7(4-10)8(6-11)9(12)13/h1,5-6H,3H2,(H,12,13). The quantitative estimate of drug-likeness (QED) is 0.671. The molecule has 0 saturated carbocycles. The van der Waals surface area contributed by atoms with Gasteiger partial charge in [0.1, 0.15) is 6.07 Å². The van der Waals surface area contributed by atoms with Gasteiger partial charge in [0.15, 0.2) is 0 Å². The van der Waals surface area contributed by atoms with Gasteiger partial charge in [-0.3, -0.25) is 0 Å². The van der Waals surface area contributed by atoms with Gasteiger partial charge in [-0.05, 0) is 0 Å². The first-order chi connectivity index (χ1) is 6.19. The fourth-order valence-electron chi connectivity index (χ4n) is 0.964. The van der Waals surface area contributed by atoms with Gasteiger partial charge in [0.25, 0.3) is 0 Å². The van der Waals surface area contributed by atoms with Crippen molar-refractivity contribution in [3.63, 3.8) is 0 Å². The Morgan fingerprint density at radius 1 is 1.69 bits per heavy atom. The van der Waals surface area contributed by atoms with E-state index in [1.165, 1.54) is 17.0 Å². The lowest BCUT2D eigenvalue weighted by Crippen LogP contribution is -1.96. The van der Waals surface area contributed by atoms with E-state index < -0.39 is 5.97 Å². The molecule has 0 spiro atoms. The Hall–Kier alpha value is -2.20. The molecule has 64 valence electrons. The number of hydrogen-bond acceptors (Lipinski definition) is 2. The van der Waals surface area contributed by atoms with Crippen LogP contribution >= 0.6 is 0 Å². The van der Waals surface area contributed by atoms with E-state index in [0.29, 0.717) is 0 Å². The first-order valence-corrected chi connectivity index (χ1v) is 3.45. The summed E-state index contributed by atoms with van der Waals surface area (Å²) in [5, 5.41) is 17.2. The molecule has 0 bridgehead atoms. The molecule has 4 heteroatoms. The summed E-state index contributed by atoms with van der Waals surface area (Å²) >= 11 is 0. The second-order valence-electron chi connectivity index (χ2n) is 2.38. The van der Waals surface area contributed by atoms with Crippen LogP contribution in [0.15, 0.2) is 12.4 Å². The van der Waals surface area contributed by atoms with E-state index in [4.69, 9.17) is 16.8 Å². The third-order valence-corrected chi connectivity index (χ3v) is 1.50. The van der Waals surface area contributed by atoms with Crippen molar-refractivity contribution in [2.75, 3.05) is 0 Å². The molecule has 0 saturated heterocycles. The molecule has 13 heavy (non-hydrogen) atoms. The maximum absolute atomic E-state index is 10.6. The van der Waals surface area contributed by atoms with Gasteiger partial charge < -0.3 is 9.67 Å². The number of carboxylic acids is 1. The molecule has 0 atom stereocenters. The minimum absolute atomic E-state index is 0.0160. The summed E-state index contributed by atoms with van der Waals surface area (Å²) in [4.78, 5) is 10.6. The van der Waals surface area contributed by atoms with Crippen LogP contribution in [-0.4, -0.2) is 15.6 Å². The van der Waals surface area contributed by atoms with E-state index in [-0.39, 0.29) is 17.7 Å². The van der Waals surface area contributed by atoms with Gasteiger partial charge in [0, 0.05) is 12.4 Å². The number of hydrogen-bond donors (Lipinski definition) is 1. The Kier molecular flexibility index (Phi) is 2.37. The highest BCUT2D eigenvalue weighted by Gasteiger charge is 2.12. The molecule has 1 heterocycles. The van der Waals surface area contributed by atoms with Crippen LogP contribution in [0.4, 0.5) is 0 Å². The molecule has 0 aliphatic rings. The molecule has 0 radical (unpaired) electrons. The predicted molar refractivity (Wildman–Crippen MR) is 44.9 cm³/mol. The lowest BCUT2D eigenvalue weighted by Gasteiger charge is -1.90. The van der Waals surface area contributed by atoms with Gasteiger partial charge in [-0.1, -0.05) is 5.92 Å². The highest BCUT2D eigenvalue weighted by molar-refractivity contribution is 5.90. The van der Waals surface area contributed by atoms with E-state index in [1.807, 2.05) is 0 Å². The Bertz CT molecular complexity index is 418. The maximum atomic E-state index is 10.6. The summed E-state index contributed by atoms with van der Waals surface area (Å²) in [5.74, 6) is 1.23. The van der Waals surface area contributed by atoms with Gasteiger partial charge in [-0.15, -0.1) is 6.42 Å². The number of carboxylic acid groups (broad SMARTS) is 1. The smallest absolute Gasteiger partial charge is 0.338 e. The summed E-state index contributed by atoms with van der Waals surface area (Å²) < 4.78 is 1.49. The molecule has 1 aromatic heterocycles. The van der Waals surface area contributed by atoms with E-state index in [0.717, 1.165) is 0 Å². The third-order valence-electron chi connectivity index (χ3n) is 1.50. The highest BCUT2D eigenvalue weighted by Crippen LogP contribution is 2.09. The average Bonchev–Trinajstić information content (AvgIpc) is 2.48. The number of aromatic carboxylic acids is 1. The second kappa shape index (κ2) is 3.46. The zero-order valence-electron chi connectivity index (χ0n) is 6.69. The number of rotatable bonds is 2. The first kappa shape index (κ1) is 8.89. The van der Waals surface area contributed by atoms with Crippen molar-refractivity contribution >= 4 is 5.97 Å². The van der Waals surface area contributed by atoms with Crippen molar-refractivity contribution in [1.29, 1.82) is 5.26 Å². The van der Waals surface area contributed by atoms with Crippen molar-refractivity contribution in [3.05, 3.63) is 23.5 Å². The zero-order chi connectivity index (χ0) is 9.84. The molecule has 0 aromatic carbocycles. The zero-order valence-corrected chi connectivity index (χ0v) is 6.69. The van der Waals surface area contributed by atoms with Crippen molar-refractivity contribution in [2.24, 2.45) is 0 Å². The van der Waals surface area contributed by atoms with Crippen LogP contribution in [0, 0.1) is 23.7 Å². The SMILES string of the molecule is C#CCn1cc(C#N)c(C(=O)O)c1. The molecular formula is C9H6N2O2. The van der Waals surface area contributed by atoms with Crippen LogP contribution in [0.5, 0.6) is 0 Å². The highest BCUT2D eigenvalue weighted by atomic mass is 16.4. The largest absolute Gasteiger partial charge is 0.478 e. The Morgan fingerprint density at radius 3 is 2.77 bits per heavy atom. The molecule has 1 rings (SSSR count). The summed E-state index contributed by atoms with van der Waals surface area (Å²) in [6, 6.07) is 1.79. The lowest BCUT2D eigenvalue weighted by atomic mass is 10.2. The minimum Gasteiger partial charge on any atom is -0.478 e. The van der Waals surface area contributed by atoms with Gasteiger partial charge >= 0.3 is 5.97 Å². The van der Waals surface area contributed by atoms with Crippen molar-refractivity contribution in [2.45, 2.75) is 6.54 Å². The van der Waals surface area contributed by atoms with Crippen LogP contribution < -0.4 is 0 Å². The predicted octanol–water partition coefficient (Wildman–Crippen LogP) is 0.691. The average molecular weight is 174 g/mol. The second-order valence-corrected chi connectivity index (χ2v) is 2.38. The summed E-state index contributed by atoms with van der Waals surface area (Å²) in [7, 11) is 0. The minimum atomic E-state index is -1.12. The molecule has 0 aliphatic carbocycles. The molecule has 0 fully saturated rings. The fraction of sp³-hybridized carbons (Fsp3) is 0.111. The normalized spacial score (nSPS) is 8.77. The van der Waals surface area contributed by atoms with Crippen LogP contribution in [0.2, 0.25) is 0 Å². The molecule has 0 amide bonds. The first-order valence-electron chi connectivity index (χ1n) is 3.45. The molecule has 4 nitrogen and oxygen atoms in total. The molecule has 1 aromatic rings. The number of carbonyl (C=O) groups is 1. The van der Waals surface area contributed by atoms with Crippen LogP contribution in [-0.2, 0) is 6.54 Å². The van der Waals surface area contributed by atoms with Crippen molar-refractivity contribution < 1.29 is 9.90 Å². The van der Waals surface area contributed by atoms with Gasteiger partial charge in [-0.2, -0.15) is 5.26 Å². The molecule has 0 aliphatic heterocycles. The number of terminal acetylenes is 1. The number of aromatic nitrogens is 1. The fourth-order valence-corrected chi connectivity index (χ4v) is 0.964. The lowest BCUT2D eigenvalue weighted by molar-refractivity contribution is 0.0696. The van der Waals surface area contributed by atoms with E-state index in [1.54, 1.807) is 6.07 Å². The van der Waals surface area contributed by atoms with Gasteiger partial charge in [0.05, 0.1) is 17.7 Å². The van der Waals surface area contributed by atoms with Crippen molar-refractivity contribution in [3.8, 4) is 18.4 Å².